The number of hydrogen-bond donors (Lipinski definition) is 1. The Morgan fingerprint density at radius 3 is 2.28 bits per heavy atom. The maximum absolute atomic E-state index is 5.79. The van der Waals surface area contributed by atoms with E-state index in [0.29, 0.717) is 12.3 Å². The summed E-state index contributed by atoms with van der Waals surface area (Å²) >= 11 is 0. The van der Waals surface area contributed by atoms with Crippen molar-refractivity contribution in [3.8, 4) is 5.75 Å². The highest BCUT2D eigenvalue weighted by atomic mass is 35.5. The molecule has 0 radical (unpaired) electrons. The van der Waals surface area contributed by atoms with E-state index in [2.05, 4.69) is 24.3 Å². The lowest BCUT2D eigenvalue weighted by atomic mass is 10.1. The van der Waals surface area contributed by atoms with Gasteiger partial charge in [-0.1, -0.05) is 42.5 Å². The molecule has 0 aliphatic rings. The smallest absolute Gasteiger partial charge is 0.142 e. The largest absolute Gasteiger partial charge is 1.00 e. The SMILES string of the molecule is Nc1ccccc1OCCCc1ccccc1.[Cl-]. The fourth-order valence-corrected chi connectivity index (χ4v) is 1.72. The van der Waals surface area contributed by atoms with Crippen LogP contribution in [0.1, 0.15) is 12.0 Å². The quantitative estimate of drug-likeness (QED) is 0.621. The minimum Gasteiger partial charge on any atom is -1.00 e. The summed E-state index contributed by atoms with van der Waals surface area (Å²) in [6, 6.07) is 18.0. The second-order valence-electron chi connectivity index (χ2n) is 3.98. The third-order valence-corrected chi connectivity index (χ3v) is 2.63. The lowest BCUT2D eigenvalue weighted by Crippen LogP contribution is -3.00. The van der Waals surface area contributed by atoms with Crippen LogP contribution >= 0.6 is 0 Å². The predicted octanol–water partition coefficient (Wildman–Crippen LogP) is 0.284. The molecule has 0 atom stereocenters. The molecule has 0 saturated carbocycles. The number of halogens is 1. The summed E-state index contributed by atoms with van der Waals surface area (Å²) in [6.45, 7) is 0.698. The molecule has 0 saturated heterocycles. The third kappa shape index (κ3) is 4.30. The minimum absolute atomic E-state index is 0. The van der Waals surface area contributed by atoms with Gasteiger partial charge in [0, 0.05) is 0 Å². The van der Waals surface area contributed by atoms with E-state index < -0.39 is 0 Å². The molecule has 2 rings (SSSR count). The predicted molar refractivity (Wildman–Crippen MR) is 71.1 cm³/mol. The number of benzene rings is 2. The zero-order valence-corrected chi connectivity index (χ0v) is 10.9. The monoisotopic (exact) mass is 262 g/mol. The van der Waals surface area contributed by atoms with Crippen molar-refractivity contribution in [1.82, 2.24) is 0 Å². The van der Waals surface area contributed by atoms with Crippen molar-refractivity contribution in [1.29, 1.82) is 0 Å². The number of para-hydroxylation sites is 2. The topological polar surface area (TPSA) is 35.2 Å². The van der Waals surface area contributed by atoms with Crippen molar-refractivity contribution in [2.24, 2.45) is 0 Å². The Morgan fingerprint density at radius 2 is 1.56 bits per heavy atom. The van der Waals surface area contributed by atoms with Crippen LogP contribution in [0.3, 0.4) is 0 Å². The molecule has 3 heteroatoms. The zero-order chi connectivity index (χ0) is 11.9. The number of nitrogen functional groups attached to an aromatic ring is 1. The molecule has 96 valence electrons. The molecule has 0 heterocycles. The van der Waals surface area contributed by atoms with Crippen LogP contribution in [0, 0.1) is 0 Å². The maximum Gasteiger partial charge on any atom is 0.142 e. The molecular weight excluding hydrogens is 246 g/mol. The Balaban J connectivity index is 0.00000162. The Hall–Kier alpha value is -1.67. The first kappa shape index (κ1) is 14.4. The molecule has 0 aliphatic carbocycles. The van der Waals surface area contributed by atoms with Gasteiger partial charge in [0.1, 0.15) is 5.75 Å². The van der Waals surface area contributed by atoms with E-state index in [1.807, 2.05) is 30.3 Å². The summed E-state index contributed by atoms with van der Waals surface area (Å²) in [5.74, 6) is 0.778. The number of anilines is 1. The number of rotatable bonds is 5. The van der Waals surface area contributed by atoms with Crippen LogP contribution in [0.5, 0.6) is 5.75 Å². The van der Waals surface area contributed by atoms with Crippen LogP contribution < -0.4 is 22.9 Å². The Kier molecular flexibility index (Phi) is 6.09. The lowest BCUT2D eigenvalue weighted by Gasteiger charge is -2.08. The fraction of sp³-hybridized carbons (Fsp3) is 0.200. The Bertz CT molecular complexity index is 459. The summed E-state index contributed by atoms with van der Waals surface area (Å²) in [5.41, 5.74) is 7.83. The van der Waals surface area contributed by atoms with Crippen molar-refractivity contribution < 1.29 is 17.1 Å². The summed E-state index contributed by atoms with van der Waals surface area (Å²) in [7, 11) is 0. The van der Waals surface area contributed by atoms with Gasteiger partial charge >= 0.3 is 0 Å². The summed E-state index contributed by atoms with van der Waals surface area (Å²) < 4.78 is 5.63. The van der Waals surface area contributed by atoms with Gasteiger partial charge in [-0.3, -0.25) is 0 Å². The minimum atomic E-state index is 0. The molecule has 2 aromatic rings. The summed E-state index contributed by atoms with van der Waals surface area (Å²) in [4.78, 5) is 0. The van der Waals surface area contributed by atoms with Crippen LogP contribution in [-0.4, -0.2) is 6.61 Å². The molecule has 0 spiro atoms. The van der Waals surface area contributed by atoms with E-state index in [1.54, 1.807) is 0 Å². The average Bonchev–Trinajstić information content (AvgIpc) is 2.38. The van der Waals surface area contributed by atoms with Crippen molar-refractivity contribution in [2.45, 2.75) is 12.8 Å². The molecule has 2 N–H and O–H groups in total. The van der Waals surface area contributed by atoms with Crippen molar-refractivity contribution in [2.75, 3.05) is 12.3 Å². The molecule has 0 aliphatic heterocycles. The summed E-state index contributed by atoms with van der Waals surface area (Å²) in [5, 5.41) is 0. The molecule has 0 unspecified atom stereocenters. The highest BCUT2D eigenvalue weighted by Crippen LogP contribution is 2.19. The maximum atomic E-state index is 5.79. The van der Waals surface area contributed by atoms with Gasteiger partial charge in [0.15, 0.2) is 0 Å². The molecular formula is C15H17ClNO-. The molecule has 0 amide bonds. The van der Waals surface area contributed by atoms with Gasteiger partial charge in [-0.05, 0) is 30.5 Å². The Morgan fingerprint density at radius 1 is 0.889 bits per heavy atom. The first-order valence-electron chi connectivity index (χ1n) is 5.87. The van der Waals surface area contributed by atoms with E-state index in [-0.39, 0.29) is 12.4 Å². The highest BCUT2D eigenvalue weighted by Gasteiger charge is 1.98. The van der Waals surface area contributed by atoms with Crippen LogP contribution in [0.2, 0.25) is 0 Å². The van der Waals surface area contributed by atoms with Crippen LogP contribution in [-0.2, 0) is 6.42 Å². The number of hydrogen-bond acceptors (Lipinski definition) is 2. The van der Waals surface area contributed by atoms with Crippen molar-refractivity contribution in [3.63, 3.8) is 0 Å². The van der Waals surface area contributed by atoms with E-state index >= 15 is 0 Å². The molecule has 0 fully saturated rings. The molecule has 18 heavy (non-hydrogen) atoms. The van der Waals surface area contributed by atoms with Crippen molar-refractivity contribution in [3.05, 3.63) is 60.2 Å². The van der Waals surface area contributed by atoms with Crippen LogP contribution in [0.4, 0.5) is 5.69 Å². The third-order valence-electron chi connectivity index (χ3n) is 2.63. The lowest BCUT2D eigenvalue weighted by molar-refractivity contribution is -0.00000387. The van der Waals surface area contributed by atoms with Gasteiger partial charge in [0.05, 0.1) is 12.3 Å². The number of aryl methyl sites for hydroxylation is 1. The first-order chi connectivity index (χ1) is 8.36. The van der Waals surface area contributed by atoms with E-state index in [0.717, 1.165) is 18.6 Å². The first-order valence-corrected chi connectivity index (χ1v) is 5.87. The number of nitrogens with two attached hydrogens (primary N) is 1. The van der Waals surface area contributed by atoms with Gasteiger partial charge in [0.25, 0.3) is 0 Å². The number of ether oxygens (including phenoxy) is 1. The van der Waals surface area contributed by atoms with E-state index in [9.17, 15) is 0 Å². The standard InChI is InChI=1S/C15H17NO.ClH/c16-14-10-4-5-11-15(14)17-12-6-9-13-7-2-1-3-8-13;/h1-5,7-8,10-11H,6,9,12,16H2;1H/p-1. The molecule has 0 aromatic heterocycles. The molecule has 2 aromatic carbocycles. The second-order valence-corrected chi connectivity index (χ2v) is 3.98. The zero-order valence-electron chi connectivity index (χ0n) is 10.2. The van der Waals surface area contributed by atoms with Gasteiger partial charge in [-0.2, -0.15) is 0 Å². The van der Waals surface area contributed by atoms with Crippen molar-refractivity contribution >= 4 is 5.69 Å². The Labute approximate surface area is 114 Å². The van der Waals surface area contributed by atoms with E-state index in [4.69, 9.17) is 10.5 Å². The summed E-state index contributed by atoms with van der Waals surface area (Å²) in [6.07, 6.45) is 2.03. The molecule has 0 bridgehead atoms. The van der Waals surface area contributed by atoms with Crippen LogP contribution in [0.25, 0.3) is 0 Å². The highest BCUT2D eigenvalue weighted by molar-refractivity contribution is 5.51. The van der Waals surface area contributed by atoms with E-state index in [1.165, 1.54) is 5.56 Å². The van der Waals surface area contributed by atoms with Gasteiger partial charge in [0.2, 0.25) is 0 Å². The second kappa shape index (κ2) is 7.62. The van der Waals surface area contributed by atoms with Gasteiger partial charge < -0.3 is 22.9 Å². The average molecular weight is 263 g/mol. The van der Waals surface area contributed by atoms with Gasteiger partial charge in [-0.15, -0.1) is 0 Å². The fourth-order valence-electron chi connectivity index (χ4n) is 1.72. The normalized spacial score (nSPS) is 9.56. The molecule has 2 nitrogen and oxygen atoms in total. The van der Waals surface area contributed by atoms with Crippen LogP contribution in [0.15, 0.2) is 54.6 Å². The van der Waals surface area contributed by atoms with Gasteiger partial charge in [-0.25, -0.2) is 0 Å².